The molecule has 4 amide bonds. The summed E-state index contributed by atoms with van der Waals surface area (Å²) in [7, 11) is 0. The number of aromatic nitrogens is 1. The number of carbonyl (C=O) groups is 3. The first-order chi connectivity index (χ1) is 16.0. The van der Waals surface area contributed by atoms with Gasteiger partial charge in [-0.25, -0.2) is 9.69 Å². The predicted molar refractivity (Wildman–Crippen MR) is 125 cm³/mol. The van der Waals surface area contributed by atoms with Gasteiger partial charge in [-0.1, -0.05) is 43.2 Å². The Balaban J connectivity index is 1.42. The highest BCUT2D eigenvalue weighted by molar-refractivity contribution is 6.25. The van der Waals surface area contributed by atoms with Crippen molar-refractivity contribution in [1.29, 1.82) is 0 Å². The van der Waals surface area contributed by atoms with Crippen molar-refractivity contribution in [3.05, 3.63) is 65.4 Å². The van der Waals surface area contributed by atoms with Crippen LogP contribution in [0, 0.1) is 0 Å². The quantitative estimate of drug-likeness (QED) is 0.600. The number of H-pyrrole nitrogens is 1. The predicted octanol–water partition coefficient (Wildman–Crippen LogP) is 4.08. The van der Waals surface area contributed by atoms with Crippen molar-refractivity contribution in [2.45, 2.75) is 50.6 Å². The second-order valence-corrected chi connectivity index (χ2v) is 9.39. The van der Waals surface area contributed by atoms with E-state index in [2.05, 4.69) is 10.3 Å². The molecule has 0 spiro atoms. The zero-order chi connectivity index (χ0) is 22.7. The molecular formula is C26H26N4O3. The molecule has 2 aliphatic heterocycles. The number of hydrogen-bond acceptors (Lipinski definition) is 3. The summed E-state index contributed by atoms with van der Waals surface area (Å²) in [4.78, 5) is 46.9. The van der Waals surface area contributed by atoms with Gasteiger partial charge in [-0.3, -0.25) is 9.59 Å². The molecule has 168 valence electrons. The van der Waals surface area contributed by atoms with E-state index in [-0.39, 0.29) is 23.9 Å². The number of carbonyl (C=O) groups excluding carboxylic acids is 3. The van der Waals surface area contributed by atoms with Crippen molar-refractivity contribution >= 4 is 34.4 Å². The van der Waals surface area contributed by atoms with E-state index in [1.165, 1.54) is 4.90 Å². The Hall–Kier alpha value is -3.61. The number of hydrogen-bond donors (Lipinski definition) is 2. The zero-order valence-corrected chi connectivity index (χ0v) is 18.6. The van der Waals surface area contributed by atoms with Crippen molar-refractivity contribution in [3.63, 3.8) is 0 Å². The summed E-state index contributed by atoms with van der Waals surface area (Å²) in [6.07, 6.45) is 4.81. The lowest BCUT2D eigenvalue weighted by Crippen LogP contribution is -2.49. The van der Waals surface area contributed by atoms with Gasteiger partial charge in [0, 0.05) is 23.5 Å². The van der Waals surface area contributed by atoms with Crippen LogP contribution in [0.1, 0.15) is 54.2 Å². The summed E-state index contributed by atoms with van der Waals surface area (Å²) in [6, 6.07) is 14.6. The highest BCUT2D eigenvalue weighted by atomic mass is 16.2. The van der Waals surface area contributed by atoms with Gasteiger partial charge >= 0.3 is 6.03 Å². The number of fused-ring (bicyclic) bond motifs is 5. The van der Waals surface area contributed by atoms with Crippen LogP contribution < -0.4 is 10.2 Å². The van der Waals surface area contributed by atoms with Crippen molar-refractivity contribution in [1.82, 2.24) is 15.2 Å². The number of rotatable bonds is 3. The molecule has 0 bridgehead atoms. The third-order valence-electron chi connectivity index (χ3n) is 7.55. The minimum Gasteiger partial charge on any atom is -0.356 e. The largest absolute Gasteiger partial charge is 0.356 e. The van der Waals surface area contributed by atoms with Crippen molar-refractivity contribution < 1.29 is 14.4 Å². The standard InChI is InChI=1S/C26H26N4O3/c1-26-22-18(17-10-4-6-12-20(17)28-22)14-15-29(26)25(33)30(24(26)32)21-13-7-5-11-19(21)23(31)27-16-8-2-3-9-16/h4-7,10-13,16,28H,2-3,8-9,14-15H2,1H3,(H,27,31). The summed E-state index contributed by atoms with van der Waals surface area (Å²) in [5, 5.41) is 4.17. The minimum absolute atomic E-state index is 0.147. The molecule has 1 aliphatic carbocycles. The molecule has 6 rings (SSSR count). The van der Waals surface area contributed by atoms with Gasteiger partial charge in [-0.05, 0) is 49.9 Å². The van der Waals surface area contributed by atoms with Crippen LogP contribution >= 0.6 is 0 Å². The average Bonchev–Trinajstić information content (AvgIpc) is 3.51. The van der Waals surface area contributed by atoms with Crippen LogP contribution in [-0.4, -0.2) is 40.3 Å². The lowest BCUT2D eigenvalue weighted by Gasteiger charge is -2.35. The summed E-state index contributed by atoms with van der Waals surface area (Å²) in [6.45, 7) is 2.25. The number of para-hydroxylation sites is 2. The minimum atomic E-state index is -1.14. The maximum absolute atomic E-state index is 13.9. The molecule has 2 N–H and O–H groups in total. The van der Waals surface area contributed by atoms with Crippen molar-refractivity contribution in [3.8, 4) is 0 Å². The maximum atomic E-state index is 13.9. The monoisotopic (exact) mass is 442 g/mol. The van der Waals surface area contributed by atoms with Crippen LogP contribution in [-0.2, 0) is 16.8 Å². The van der Waals surface area contributed by atoms with E-state index >= 15 is 0 Å². The average molecular weight is 443 g/mol. The molecule has 7 heteroatoms. The van der Waals surface area contributed by atoms with Crippen molar-refractivity contribution in [2.75, 3.05) is 11.4 Å². The first-order valence-electron chi connectivity index (χ1n) is 11.7. The van der Waals surface area contributed by atoms with E-state index < -0.39 is 5.54 Å². The molecule has 2 aromatic carbocycles. The molecule has 2 fully saturated rings. The van der Waals surface area contributed by atoms with Crippen LogP contribution in [0.15, 0.2) is 48.5 Å². The Labute approximate surface area is 191 Å². The molecular weight excluding hydrogens is 416 g/mol. The molecule has 3 aliphatic rings. The Morgan fingerprint density at radius 1 is 1.06 bits per heavy atom. The molecule has 0 radical (unpaired) electrons. The van der Waals surface area contributed by atoms with E-state index in [0.29, 0.717) is 24.2 Å². The van der Waals surface area contributed by atoms with Gasteiger partial charge in [0.2, 0.25) is 0 Å². The smallest absolute Gasteiger partial charge is 0.332 e. The Morgan fingerprint density at radius 3 is 2.61 bits per heavy atom. The van der Waals surface area contributed by atoms with Gasteiger partial charge in [-0.2, -0.15) is 0 Å². The number of nitrogens with one attached hydrogen (secondary N) is 2. The SMILES string of the molecule is CC12C(=O)N(c3ccccc3C(=O)NC3CCCC3)C(=O)N1CCc1c2[nH]c2ccccc12. The Kier molecular flexibility index (Phi) is 4.37. The Morgan fingerprint density at radius 2 is 1.79 bits per heavy atom. The van der Waals surface area contributed by atoms with Crippen molar-refractivity contribution in [2.24, 2.45) is 0 Å². The molecule has 1 aromatic heterocycles. The van der Waals surface area contributed by atoms with Gasteiger partial charge in [0.05, 0.1) is 16.9 Å². The first-order valence-corrected chi connectivity index (χ1v) is 11.7. The van der Waals surface area contributed by atoms with Crippen LogP contribution in [0.4, 0.5) is 10.5 Å². The molecule has 1 saturated heterocycles. The third kappa shape index (κ3) is 2.78. The number of imide groups is 1. The molecule has 1 saturated carbocycles. The van der Waals surface area contributed by atoms with Crippen LogP contribution in [0.2, 0.25) is 0 Å². The molecule has 7 nitrogen and oxygen atoms in total. The fourth-order valence-corrected chi connectivity index (χ4v) is 5.80. The number of urea groups is 1. The second-order valence-electron chi connectivity index (χ2n) is 9.39. The van der Waals surface area contributed by atoms with Gasteiger partial charge in [-0.15, -0.1) is 0 Å². The molecule has 3 aromatic rings. The van der Waals surface area contributed by atoms with E-state index in [0.717, 1.165) is 47.8 Å². The normalized spacial score (nSPS) is 22.7. The molecule has 33 heavy (non-hydrogen) atoms. The van der Waals surface area contributed by atoms with E-state index in [1.807, 2.05) is 31.2 Å². The third-order valence-corrected chi connectivity index (χ3v) is 7.55. The van der Waals surface area contributed by atoms with Crippen LogP contribution in [0.25, 0.3) is 10.9 Å². The number of anilines is 1. The van der Waals surface area contributed by atoms with Gasteiger partial charge in [0.1, 0.15) is 0 Å². The fraction of sp³-hybridized carbons (Fsp3) is 0.346. The Bertz CT molecular complexity index is 1310. The number of nitrogens with zero attached hydrogens (tertiary/aromatic N) is 2. The summed E-state index contributed by atoms with van der Waals surface area (Å²) in [5.41, 5.74) is 2.37. The van der Waals surface area contributed by atoms with Crippen LogP contribution in [0.3, 0.4) is 0 Å². The number of aromatic amines is 1. The van der Waals surface area contributed by atoms with E-state index in [4.69, 9.17) is 0 Å². The topological polar surface area (TPSA) is 85.5 Å². The first kappa shape index (κ1) is 20.0. The highest BCUT2D eigenvalue weighted by Crippen LogP contribution is 2.45. The molecule has 3 heterocycles. The number of amides is 4. The molecule has 1 atom stereocenters. The van der Waals surface area contributed by atoms with Gasteiger partial charge in [0.25, 0.3) is 11.8 Å². The van der Waals surface area contributed by atoms with E-state index in [1.54, 1.807) is 29.2 Å². The second kappa shape index (κ2) is 7.20. The molecule has 1 unspecified atom stereocenters. The highest BCUT2D eigenvalue weighted by Gasteiger charge is 2.59. The zero-order valence-electron chi connectivity index (χ0n) is 18.6. The lowest BCUT2D eigenvalue weighted by atomic mass is 9.87. The summed E-state index contributed by atoms with van der Waals surface area (Å²) < 4.78 is 0. The fourth-order valence-electron chi connectivity index (χ4n) is 5.80. The number of benzene rings is 2. The van der Waals surface area contributed by atoms with Crippen LogP contribution in [0.5, 0.6) is 0 Å². The summed E-state index contributed by atoms with van der Waals surface area (Å²) in [5.74, 6) is -0.569. The maximum Gasteiger partial charge on any atom is 0.332 e. The van der Waals surface area contributed by atoms with E-state index in [9.17, 15) is 14.4 Å². The summed E-state index contributed by atoms with van der Waals surface area (Å²) >= 11 is 0. The van der Waals surface area contributed by atoms with Gasteiger partial charge in [0.15, 0.2) is 5.54 Å². The van der Waals surface area contributed by atoms with Gasteiger partial charge < -0.3 is 15.2 Å². The lowest BCUT2D eigenvalue weighted by molar-refractivity contribution is -0.125.